The molecule has 22 heavy (non-hydrogen) atoms. The van der Waals surface area contributed by atoms with E-state index in [9.17, 15) is 0 Å². The standard InChI is InChI=1S/C17H14IN3O/c1-3-4-6-12-9-13-11-20-21(2)15(13)10-16(12)22-17-14(18)7-5-8-19-17/h5,7-11H,3H2,1-2H3. The summed E-state index contributed by atoms with van der Waals surface area (Å²) in [5.41, 5.74) is 1.85. The normalized spacial score (nSPS) is 10.3. The van der Waals surface area contributed by atoms with Gasteiger partial charge in [-0.05, 0) is 40.8 Å². The van der Waals surface area contributed by atoms with E-state index in [0.29, 0.717) is 11.6 Å². The number of benzene rings is 1. The maximum Gasteiger partial charge on any atom is 0.232 e. The minimum absolute atomic E-state index is 0.587. The second-order valence-corrected chi connectivity index (χ2v) is 5.89. The SMILES string of the molecule is CCC#Cc1cc2cnn(C)c2cc1Oc1ncccc1I. The van der Waals surface area contributed by atoms with Crippen molar-refractivity contribution in [3.63, 3.8) is 0 Å². The molecule has 0 bridgehead atoms. The fraction of sp³-hybridized carbons (Fsp3) is 0.176. The lowest BCUT2D eigenvalue weighted by Crippen LogP contribution is -1.95. The monoisotopic (exact) mass is 403 g/mol. The Hall–Kier alpha value is -2.07. The minimum atomic E-state index is 0.587. The number of rotatable bonds is 2. The molecule has 0 saturated carbocycles. The van der Waals surface area contributed by atoms with Gasteiger partial charge in [-0.25, -0.2) is 4.98 Å². The first-order valence-corrected chi connectivity index (χ1v) is 8.00. The molecule has 3 rings (SSSR count). The molecule has 5 heteroatoms. The summed E-state index contributed by atoms with van der Waals surface area (Å²) in [6.45, 7) is 2.03. The molecule has 0 aliphatic carbocycles. The number of pyridine rings is 1. The summed E-state index contributed by atoms with van der Waals surface area (Å²) in [6, 6.07) is 7.82. The van der Waals surface area contributed by atoms with Crippen LogP contribution in [-0.4, -0.2) is 14.8 Å². The highest BCUT2D eigenvalue weighted by Crippen LogP contribution is 2.30. The third-order valence-electron chi connectivity index (χ3n) is 3.18. The van der Waals surface area contributed by atoms with Crippen molar-refractivity contribution in [2.75, 3.05) is 0 Å². The number of aryl methyl sites for hydroxylation is 1. The molecule has 0 aliphatic heterocycles. The Balaban J connectivity index is 2.12. The summed E-state index contributed by atoms with van der Waals surface area (Å²) in [5.74, 6) is 7.55. The number of ether oxygens (including phenoxy) is 1. The van der Waals surface area contributed by atoms with Gasteiger partial charge in [0, 0.05) is 31.1 Å². The van der Waals surface area contributed by atoms with Crippen molar-refractivity contribution in [1.29, 1.82) is 0 Å². The zero-order chi connectivity index (χ0) is 15.5. The summed E-state index contributed by atoms with van der Waals surface area (Å²) in [4.78, 5) is 4.28. The molecule has 0 fully saturated rings. The number of halogens is 1. The van der Waals surface area contributed by atoms with Crippen molar-refractivity contribution in [3.05, 3.63) is 45.8 Å². The largest absolute Gasteiger partial charge is 0.437 e. The van der Waals surface area contributed by atoms with Crippen molar-refractivity contribution < 1.29 is 4.74 Å². The van der Waals surface area contributed by atoms with Gasteiger partial charge in [0.2, 0.25) is 5.88 Å². The van der Waals surface area contributed by atoms with E-state index in [2.05, 4.69) is 44.5 Å². The third kappa shape index (κ3) is 2.92. The van der Waals surface area contributed by atoms with Gasteiger partial charge in [-0.15, -0.1) is 0 Å². The van der Waals surface area contributed by atoms with E-state index in [-0.39, 0.29) is 0 Å². The zero-order valence-corrected chi connectivity index (χ0v) is 14.5. The van der Waals surface area contributed by atoms with Gasteiger partial charge in [0.05, 0.1) is 20.8 Å². The van der Waals surface area contributed by atoms with Crippen LogP contribution in [0, 0.1) is 15.4 Å². The van der Waals surface area contributed by atoms with Crippen LogP contribution in [-0.2, 0) is 7.05 Å². The van der Waals surface area contributed by atoms with Gasteiger partial charge in [-0.2, -0.15) is 5.10 Å². The van der Waals surface area contributed by atoms with Crippen molar-refractivity contribution in [3.8, 4) is 23.5 Å². The molecule has 1 aromatic carbocycles. The highest BCUT2D eigenvalue weighted by molar-refractivity contribution is 14.1. The fourth-order valence-electron chi connectivity index (χ4n) is 2.10. The summed E-state index contributed by atoms with van der Waals surface area (Å²) >= 11 is 2.21. The third-order valence-corrected chi connectivity index (χ3v) is 4.00. The average molecular weight is 403 g/mol. The first kappa shape index (κ1) is 14.9. The van der Waals surface area contributed by atoms with Crippen LogP contribution >= 0.6 is 22.6 Å². The fourth-order valence-corrected chi connectivity index (χ4v) is 2.55. The molecule has 0 saturated heterocycles. The molecule has 0 radical (unpaired) electrons. The summed E-state index contributed by atoms with van der Waals surface area (Å²) in [7, 11) is 1.91. The minimum Gasteiger partial charge on any atom is -0.437 e. The van der Waals surface area contributed by atoms with Crippen LogP contribution in [0.3, 0.4) is 0 Å². The molecular weight excluding hydrogens is 389 g/mol. The molecule has 3 aromatic rings. The molecule has 0 atom stereocenters. The predicted octanol–water partition coefficient (Wildman–Crippen LogP) is 4.13. The van der Waals surface area contributed by atoms with E-state index in [4.69, 9.17) is 4.74 Å². The lowest BCUT2D eigenvalue weighted by atomic mass is 10.1. The Morgan fingerprint density at radius 1 is 1.36 bits per heavy atom. The molecule has 0 spiro atoms. The molecule has 4 nitrogen and oxygen atoms in total. The second kappa shape index (κ2) is 6.36. The predicted molar refractivity (Wildman–Crippen MR) is 94.9 cm³/mol. The zero-order valence-electron chi connectivity index (χ0n) is 12.3. The van der Waals surface area contributed by atoms with Crippen LogP contribution in [0.5, 0.6) is 11.6 Å². The lowest BCUT2D eigenvalue weighted by molar-refractivity contribution is 0.458. The molecule has 110 valence electrons. The molecule has 0 unspecified atom stereocenters. The van der Waals surface area contributed by atoms with Gasteiger partial charge in [0.25, 0.3) is 0 Å². The van der Waals surface area contributed by atoms with E-state index in [1.165, 1.54) is 0 Å². The number of fused-ring (bicyclic) bond motifs is 1. The smallest absolute Gasteiger partial charge is 0.232 e. The highest BCUT2D eigenvalue weighted by atomic mass is 127. The topological polar surface area (TPSA) is 39.9 Å². The van der Waals surface area contributed by atoms with E-state index in [0.717, 1.165) is 26.5 Å². The summed E-state index contributed by atoms with van der Waals surface area (Å²) in [5, 5.41) is 5.33. The van der Waals surface area contributed by atoms with Crippen molar-refractivity contribution >= 4 is 33.5 Å². The molecule has 0 amide bonds. The molecule has 2 aromatic heterocycles. The quantitative estimate of drug-likeness (QED) is 0.477. The van der Waals surface area contributed by atoms with Gasteiger partial charge >= 0.3 is 0 Å². The van der Waals surface area contributed by atoms with E-state index < -0.39 is 0 Å². The van der Waals surface area contributed by atoms with Crippen LogP contribution in [0.1, 0.15) is 18.9 Å². The van der Waals surface area contributed by atoms with E-state index in [1.807, 2.05) is 49.1 Å². The molecular formula is C17H14IN3O. The number of hydrogen-bond donors (Lipinski definition) is 0. The number of nitrogens with zero attached hydrogens (tertiary/aromatic N) is 3. The average Bonchev–Trinajstić information content (AvgIpc) is 2.88. The van der Waals surface area contributed by atoms with Gasteiger partial charge in [-0.3, -0.25) is 4.68 Å². The summed E-state index contributed by atoms with van der Waals surface area (Å²) in [6.07, 6.45) is 4.35. The van der Waals surface area contributed by atoms with Crippen molar-refractivity contribution in [2.24, 2.45) is 7.05 Å². The van der Waals surface area contributed by atoms with Gasteiger partial charge < -0.3 is 4.74 Å². The maximum atomic E-state index is 6.01. The van der Waals surface area contributed by atoms with E-state index >= 15 is 0 Å². The number of hydrogen-bond acceptors (Lipinski definition) is 3. The molecule has 0 aliphatic rings. The van der Waals surface area contributed by atoms with Crippen LogP contribution in [0.2, 0.25) is 0 Å². The highest BCUT2D eigenvalue weighted by Gasteiger charge is 2.11. The molecule has 0 N–H and O–H groups in total. The van der Waals surface area contributed by atoms with Gasteiger partial charge in [0.1, 0.15) is 5.75 Å². The van der Waals surface area contributed by atoms with Gasteiger partial charge in [-0.1, -0.05) is 18.8 Å². The maximum absolute atomic E-state index is 6.01. The van der Waals surface area contributed by atoms with Crippen LogP contribution in [0.4, 0.5) is 0 Å². The Kier molecular flexibility index (Phi) is 4.29. The van der Waals surface area contributed by atoms with Crippen LogP contribution in [0.25, 0.3) is 10.9 Å². The number of aromatic nitrogens is 3. The summed E-state index contributed by atoms with van der Waals surface area (Å²) < 4.78 is 8.79. The second-order valence-electron chi connectivity index (χ2n) is 4.72. The molecule has 2 heterocycles. The Morgan fingerprint density at radius 2 is 2.23 bits per heavy atom. The van der Waals surface area contributed by atoms with Crippen LogP contribution in [0.15, 0.2) is 36.7 Å². The first-order chi connectivity index (χ1) is 10.7. The Morgan fingerprint density at radius 3 is 3.00 bits per heavy atom. The van der Waals surface area contributed by atoms with Crippen LogP contribution < -0.4 is 4.74 Å². The first-order valence-electron chi connectivity index (χ1n) is 6.92. The Bertz CT molecular complexity index is 890. The van der Waals surface area contributed by atoms with Gasteiger partial charge in [0.15, 0.2) is 0 Å². The van der Waals surface area contributed by atoms with E-state index in [1.54, 1.807) is 6.20 Å². The van der Waals surface area contributed by atoms with Crippen molar-refractivity contribution in [1.82, 2.24) is 14.8 Å². The van der Waals surface area contributed by atoms with Crippen molar-refractivity contribution in [2.45, 2.75) is 13.3 Å². The lowest BCUT2D eigenvalue weighted by Gasteiger charge is -2.09. The Labute approximate surface area is 142 Å².